The molecule has 4 atom stereocenters. The number of hydrogen-bond acceptors (Lipinski definition) is 4. The fourth-order valence-electron chi connectivity index (χ4n) is 4.74. The summed E-state index contributed by atoms with van der Waals surface area (Å²) in [6.45, 7) is 7.80. The molecule has 1 fully saturated rings. The molecule has 4 heteroatoms. The van der Waals surface area contributed by atoms with Crippen LogP contribution >= 0.6 is 0 Å². The van der Waals surface area contributed by atoms with Gasteiger partial charge in [0.15, 0.2) is 5.78 Å². The molecule has 3 rings (SSSR count). The molecule has 26 heavy (non-hydrogen) atoms. The van der Waals surface area contributed by atoms with Crippen molar-refractivity contribution in [3.8, 4) is 0 Å². The van der Waals surface area contributed by atoms with E-state index in [-0.39, 0.29) is 23.0 Å². The van der Waals surface area contributed by atoms with Crippen LogP contribution in [-0.4, -0.2) is 28.6 Å². The van der Waals surface area contributed by atoms with E-state index in [1.807, 2.05) is 26.8 Å². The van der Waals surface area contributed by atoms with E-state index in [1.54, 1.807) is 37.3 Å². The topological polar surface area (TPSA) is 63.6 Å². The van der Waals surface area contributed by atoms with Crippen molar-refractivity contribution in [3.05, 3.63) is 47.5 Å². The summed E-state index contributed by atoms with van der Waals surface area (Å²) in [5, 5.41) is 11.4. The highest BCUT2D eigenvalue weighted by molar-refractivity contribution is 5.96. The summed E-state index contributed by atoms with van der Waals surface area (Å²) in [4.78, 5) is 25.2. The molecule has 2 aliphatic carbocycles. The van der Waals surface area contributed by atoms with Gasteiger partial charge in [0.05, 0.1) is 11.2 Å². The zero-order valence-corrected chi connectivity index (χ0v) is 16.0. The lowest BCUT2D eigenvalue weighted by molar-refractivity contribution is -0.122. The Balaban J connectivity index is 2.01. The first kappa shape index (κ1) is 18.8. The standard InChI is InChI=1S/C22H28O4/c1-14(2)22(25)11-10-21(4)13-17(23)15(3)12-18(19(21)22)26-20(24)16-8-6-5-7-9-16/h5-9,12,14,18-19,25H,10-11,13H2,1-4H3/t18-,19?,21+,22+/m0/s1. The maximum Gasteiger partial charge on any atom is 0.338 e. The van der Waals surface area contributed by atoms with Crippen LogP contribution in [-0.2, 0) is 9.53 Å². The first-order valence-electron chi connectivity index (χ1n) is 9.37. The van der Waals surface area contributed by atoms with E-state index in [4.69, 9.17) is 4.74 Å². The van der Waals surface area contributed by atoms with Crippen LogP contribution in [0, 0.1) is 17.3 Å². The maximum atomic E-state index is 12.7. The van der Waals surface area contributed by atoms with Crippen molar-refractivity contribution in [2.75, 3.05) is 0 Å². The molecule has 4 nitrogen and oxygen atoms in total. The van der Waals surface area contributed by atoms with Gasteiger partial charge >= 0.3 is 5.97 Å². The first-order chi connectivity index (χ1) is 12.2. The lowest BCUT2D eigenvalue weighted by Gasteiger charge is -2.42. The number of benzene rings is 1. The fraction of sp³-hybridized carbons (Fsp3) is 0.545. The third-order valence-electron chi connectivity index (χ3n) is 6.39. The molecule has 0 saturated heterocycles. The van der Waals surface area contributed by atoms with Crippen molar-refractivity contribution in [3.63, 3.8) is 0 Å². The maximum absolute atomic E-state index is 12.7. The van der Waals surface area contributed by atoms with E-state index in [9.17, 15) is 14.7 Å². The average molecular weight is 356 g/mol. The van der Waals surface area contributed by atoms with Crippen molar-refractivity contribution in [1.29, 1.82) is 0 Å². The van der Waals surface area contributed by atoms with Gasteiger partial charge in [0.1, 0.15) is 6.10 Å². The summed E-state index contributed by atoms with van der Waals surface area (Å²) in [6, 6.07) is 8.85. The summed E-state index contributed by atoms with van der Waals surface area (Å²) in [5.41, 5.74) is -0.261. The Morgan fingerprint density at radius 3 is 2.50 bits per heavy atom. The number of rotatable bonds is 3. The first-order valence-corrected chi connectivity index (χ1v) is 9.37. The number of carbonyl (C=O) groups excluding carboxylic acids is 2. The highest BCUT2D eigenvalue weighted by atomic mass is 16.5. The van der Waals surface area contributed by atoms with E-state index < -0.39 is 17.7 Å². The Kier molecular flexibility index (Phi) is 4.82. The lowest BCUT2D eigenvalue weighted by atomic mass is 9.68. The van der Waals surface area contributed by atoms with Crippen LogP contribution in [0.3, 0.4) is 0 Å². The largest absolute Gasteiger partial charge is 0.454 e. The summed E-state index contributed by atoms with van der Waals surface area (Å²) in [5.74, 6) is -0.642. The van der Waals surface area contributed by atoms with Gasteiger partial charge in [-0.3, -0.25) is 4.79 Å². The Bertz CT molecular complexity index is 736. The monoisotopic (exact) mass is 356 g/mol. The van der Waals surface area contributed by atoms with Gasteiger partial charge in [-0.05, 0) is 54.9 Å². The van der Waals surface area contributed by atoms with Crippen molar-refractivity contribution in [1.82, 2.24) is 0 Å². The van der Waals surface area contributed by atoms with Crippen molar-refractivity contribution < 1.29 is 19.4 Å². The van der Waals surface area contributed by atoms with Gasteiger partial charge in [0, 0.05) is 12.3 Å². The third kappa shape index (κ3) is 3.11. The number of carbonyl (C=O) groups is 2. The number of hydrogen-bond donors (Lipinski definition) is 1. The molecule has 0 spiro atoms. The molecule has 0 heterocycles. The number of Topliss-reactive ketones (excluding diaryl/α,β-unsaturated/α-hetero) is 1. The SMILES string of the molecule is CC1=C[C@H](OC(=O)c2ccccc2)C2[C@](C)(CC[C@@]2(O)C(C)C)CC1=O. The van der Waals surface area contributed by atoms with E-state index >= 15 is 0 Å². The van der Waals surface area contributed by atoms with Gasteiger partial charge in [-0.2, -0.15) is 0 Å². The Morgan fingerprint density at radius 2 is 1.88 bits per heavy atom. The second kappa shape index (κ2) is 6.66. The predicted molar refractivity (Wildman–Crippen MR) is 99.6 cm³/mol. The van der Waals surface area contributed by atoms with Gasteiger partial charge < -0.3 is 9.84 Å². The number of ether oxygens (including phenoxy) is 1. The Labute approximate surface area is 155 Å². The number of ketones is 1. The zero-order valence-electron chi connectivity index (χ0n) is 16.0. The zero-order chi connectivity index (χ0) is 19.1. The molecule has 1 N–H and O–H groups in total. The minimum Gasteiger partial charge on any atom is -0.454 e. The second-order valence-electron chi connectivity index (χ2n) is 8.46. The number of allylic oxidation sites excluding steroid dienone is 1. The lowest BCUT2D eigenvalue weighted by Crippen LogP contribution is -2.50. The molecule has 0 radical (unpaired) electrons. The molecule has 1 aromatic carbocycles. The van der Waals surface area contributed by atoms with E-state index in [2.05, 4.69) is 0 Å². The summed E-state index contributed by atoms with van der Waals surface area (Å²) < 4.78 is 5.87. The summed E-state index contributed by atoms with van der Waals surface area (Å²) >= 11 is 0. The normalized spacial score (nSPS) is 34.2. The van der Waals surface area contributed by atoms with E-state index in [0.29, 0.717) is 24.0 Å². The Hall–Kier alpha value is -1.94. The molecule has 0 amide bonds. The van der Waals surface area contributed by atoms with Crippen LogP contribution in [0.15, 0.2) is 42.0 Å². The van der Waals surface area contributed by atoms with E-state index in [1.165, 1.54) is 0 Å². The Morgan fingerprint density at radius 1 is 1.23 bits per heavy atom. The second-order valence-corrected chi connectivity index (χ2v) is 8.46. The molecular formula is C22H28O4. The van der Waals surface area contributed by atoms with Crippen LogP contribution in [0.25, 0.3) is 0 Å². The molecular weight excluding hydrogens is 328 g/mol. The smallest absolute Gasteiger partial charge is 0.338 e. The minimum absolute atomic E-state index is 0.00848. The molecule has 1 aromatic rings. The molecule has 0 bridgehead atoms. The molecule has 0 aliphatic heterocycles. The number of fused-ring (bicyclic) bond motifs is 1. The molecule has 0 aromatic heterocycles. The van der Waals surface area contributed by atoms with Gasteiger partial charge in [-0.15, -0.1) is 0 Å². The molecule has 140 valence electrons. The summed E-state index contributed by atoms with van der Waals surface area (Å²) in [6.07, 6.45) is 2.88. The van der Waals surface area contributed by atoms with Crippen molar-refractivity contribution >= 4 is 11.8 Å². The van der Waals surface area contributed by atoms with Crippen LogP contribution < -0.4 is 0 Å². The van der Waals surface area contributed by atoms with Crippen LogP contribution in [0.2, 0.25) is 0 Å². The average Bonchev–Trinajstić information content (AvgIpc) is 2.82. The quantitative estimate of drug-likeness (QED) is 0.834. The molecule has 1 saturated carbocycles. The highest BCUT2D eigenvalue weighted by Gasteiger charge is 2.60. The highest BCUT2D eigenvalue weighted by Crippen LogP contribution is 2.57. The molecule has 2 aliphatic rings. The summed E-state index contributed by atoms with van der Waals surface area (Å²) in [7, 11) is 0. The number of aliphatic hydroxyl groups is 1. The fourth-order valence-corrected chi connectivity index (χ4v) is 4.74. The van der Waals surface area contributed by atoms with Crippen molar-refractivity contribution in [2.24, 2.45) is 17.3 Å². The van der Waals surface area contributed by atoms with Crippen LogP contribution in [0.4, 0.5) is 0 Å². The number of esters is 1. The minimum atomic E-state index is -0.961. The van der Waals surface area contributed by atoms with Gasteiger partial charge in [-0.1, -0.05) is 39.0 Å². The predicted octanol–water partition coefficient (Wildman–Crippen LogP) is 3.93. The van der Waals surface area contributed by atoms with Crippen LogP contribution in [0.5, 0.6) is 0 Å². The van der Waals surface area contributed by atoms with Gasteiger partial charge in [0.2, 0.25) is 0 Å². The molecule has 1 unspecified atom stereocenters. The third-order valence-corrected chi connectivity index (χ3v) is 6.39. The van der Waals surface area contributed by atoms with Crippen LogP contribution in [0.1, 0.15) is 57.3 Å². The van der Waals surface area contributed by atoms with E-state index in [0.717, 1.165) is 6.42 Å². The van der Waals surface area contributed by atoms with Gasteiger partial charge in [0.25, 0.3) is 0 Å². The van der Waals surface area contributed by atoms with Gasteiger partial charge in [-0.25, -0.2) is 4.79 Å². The van der Waals surface area contributed by atoms with Crippen molar-refractivity contribution in [2.45, 2.75) is 58.7 Å².